The normalized spacial score (nSPS) is 14.9. The molecule has 0 radical (unpaired) electrons. The van der Waals surface area contributed by atoms with Crippen LogP contribution in [0.3, 0.4) is 0 Å². The minimum absolute atomic E-state index is 0.0904. The molecule has 6 heteroatoms. The van der Waals surface area contributed by atoms with Crippen molar-refractivity contribution >= 4 is 11.6 Å². The van der Waals surface area contributed by atoms with Gasteiger partial charge in [-0.2, -0.15) is 13.2 Å². The highest BCUT2D eigenvalue weighted by atomic mass is 19.4. The van der Waals surface area contributed by atoms with E-state index in [-0.39, 0.29) is 17.5 Å². The number of hydrogen-bond acceptors (Lipinski definition) is 2. The summed E-state index contributed by atoms with van der Waals surface area (Å²) in [5.41, 5.74) is -0.278. The van der Waals surface area contributed by atoms with Crippen LogP contribution in [0, 0.1) is 0 Å². The summed E-state index contributed by atoms with van der Waals surface area (Å²) in [5.74, 6) is -0.324. The smallest absolute Gasteiger partial charge is 0.387 e. The van der Waals surface area contributed by atoms with E-state index in [0.717, 1.165) is 31.4 Å². The van der Waals surface area contributed by atoms with Gasteiger partial charge >= 0.3 is 6.18 Å². The van der Waals surface area contributed by atoms with Gasteiger partial charge in [0, 0.05) is 25.3 Å². The molecule has 1 aliphatic carbocycles. The van der Waals surface area contributed by atoms with Crippen LogP contribution >= 0.6 is 0 Å². The fraction of sp³-hybridized carbons (Fsp3) is 0.533. The SMILES string of the molecule is CCCN(C(=O)c1cc(C(F)(F)F)ccc1NC)C1CC1. The van der Waals surface area contributed by atoms with Gasteiger partial charge in [-0.15, -0.1) is 0 Å². The minimum atomic E-state index is -4.45. The van der Waals surface area contributed by atoms with Crippen molar-refractivity contribution in [2.45, 2.75) is 38.4 Å². The van der Waals surface area contributed by atoms with Gasteiger partial charge in [0.1, 0.15) is 0 Å². The molecule has 1 saturated carbocycles. The van der Waals surface area contributed by atoms with Crippen LogP contribution in [-0.2, 0) is 6.18 Å². The molecule has 1 fully saturated rings. The van der Waals surface area contributed by atoms with E-state index in [0.29, 0.717) is 12.2 Å². The average molecular weight is 300 g/mol. The first-order chi connectivity index (χ1) is 9.88. The molecule has 0 bridgehead atoms. The van der Waals surface area contributed by atoms with Gasteiger partial charge < -0.3 is 10.2 Å². The summed E-state index contributed by atoms with van der Waals surface area (Å²) in [6, 6.07) is 3.42. The van der Waals surface area contributed by atoms with Gasteiger partial charge in [0.15, 0.2) is 0 Å². The number of hydrogen-bond donors (Lipinski definition) is 1. The Balaban J connectivity index is 2.37. The first kappa shape index (κ1) is 15.7. The van der Waals surface area contributed by atoms with Crippen LogP contribution in [0.15, 0.2) is 18.2 Å². The van der Waals surface area contributed by atoms with Crippen molar-refractivity contribution in [2.75, 3.05) is 18.9 Å². The van der Waals surface area contributed by atoms with Gasteiger partial charge in [0.2, 0.25) is 0 Å². The van der Waals surface area contributed by atoms with Gasteiger partial charge in [0.25, 0.3) is 5.91 Å². The molecule has 0 heterocycles. The van der Waals surface area contributed by atoms with Crippen molar-refractivity contribution in [3.8, 4) is 0 Å². The predicted octanol–water partition coefficient (Wildman–Crippen LogP) is 3.76. The summed E-state index contributed by atoms with van der Waals surface area (Å²) < 4.78 is 38.5. The molecule has 116 valence electrons. The summed E-state index contributed by atoms with van der Waals surface area (Å²) in [7, 11) is 1.60. The Morgan fingerprint density at radius 3 is 2.52 bits per heavy atom. The third-order valence-electron chi connectivity index (χ3n) is 3.56. The number of nitrogens with one attached hydrogen (secondary N) is 1. The molecule has 3 nitrogen and oxygen atoms in total. The molecule has 0 saturated heterocycles. The lowest BCUT2D eigenvalue weighted by atomic mass is 10.1. The summed E-state index contributed by atoms with van der Waals surface area (Å²) in [4.78, 5) is 14.3. The van der Waals surface area contributed by atoms with E-state index in [4.69, 9.17) is 0 Å². The molecule has 1 aromatic carbocycles. The van der Waals surface area contributed by atoms with Crippen molar-refractivity contribution < 1.29 is 18.0 Å². The summed E-state index contributed by atoms with van der Waals surface area (Å²) >= 11 is 0. The van der Waals surface area contributed by atoms with Crippen molar-refractivity contribution in [1.29, 1.82) is 0 Å². The molecule has 0 atom stereocenters. The number of carbonyl (C=O) groups excluding carboxylic acids is 1. The third kappa shape index (κ3) is 3.49. The monoisotopic (exact) mass is 300 g/mol. The molecular weight excluding hydrogens is 281 g/mol. The van der Waals surface area contributed by atoms with Gasteiger partial charge in [0.05, 0.1) is 11.1 Å². The molecule has 0 spiro atoms. The zero-order valence-electron chi connectivity index (χ0n) is 12.1. The van der Waals surface area contributed by atoms with Crippen molar-refractivity contribution in [3.63, 3.8) is 0 Å². The van der Waals surface area contributed by atoms with Crippen molar-refractivity contribution in [3.05, 3.63) is 29.3 Å². The van der Waals surface area contributed by atoms with Crippen LogP contribution in [0.25, 0.3) is 0 Å². The first-order valence-electron chi connectivity index (χ1n) is 7.08. The fourth-order valence-corrected chi connectivity index (χ4v) is 2.35. The van der Waals surface area contributed by atoms with Gasteiger partial charge in [-0.25, -0.2) is 0 Å². The highest BCUT2D eigenvalue weighted by Crippen LogP contribution is 2.34. The topological polar surface area (TPSA) is 32.3 Å². The number of rotatable bonds is 5. The number of benzene rings is 1. The van der Waals surface area contributed by atoms with Crippen LogP contribution < -0.4 is 5.32 Å². The first-order valence-corrected chi connectivity index (χ1v) is 7.08. The lowest BCUT2D eigenvalue weighted by Crippen LogP contribution is -2.34. The zero-order valence-corrected chi connectivity index (χ0v) is 12.1. The molecule has 1 amide bonds. The van der Waals surface area contributed by atoms with E-state index in [1.165, 1.54) is 6.07 Å². The second-order valence-corrected chi connectivity index (χ2v) is 5.24. The van der Waals surface area contributed by atoms with Crippen LogP contribution in [0.1, 0.15) is 42.1 Å². The third-order valence-corrected chi connectivity index (χ3v) is 3.56. The van der Waals surface area contributed by atoms with E-state index < -0.39 is 11.7 Å². The van der Waals surface area contributed by atoms with Gasteiger partial charge in [-0.05, 0) is 37.5 Å². The number of halogens is 3. The maximum absolute atomic E-state index is 12.8. The molecule has 2 rings (SSSR count). The fourth-order valence-electron chi connectivity index (χ4n) is 2.35. The summed E-state index contributed by atoms with van der Waals surface area (Å²) in [6.45, 7) is 2.52. The largest absolute Gasteiger partial charge is 0.416 e. The van der Waals surface area contributed by atoms with E-state index in [1.54, 1.807) is 11.9 Å². The van der Waals surface area contributed by atoms with E-state index in [2.05, 4.69) is 5.32 Å². The van der Waals surface area contributed by atoms with Crippen LogP contribution in [0.4, 0.5) is 18.9 Å². The molecule has 21 heavy (non-hydrogen) atoms. The van der Waals surface area contributed by atoms with Crippen molar-refractivity contribution in [1.82, 2.24) is 4.90 Å². The van der Waals surface area contributed by atoms with E-state index >= 15 is 0 Å². The Bertz CT molecular complexity index is 524. The molecule has 0 unspecified atom stereocenters. The quantitative estimate of drug-likeness (QED) is 0.898. The van der Waals surface area contributed by atoms with Gasteiger partial charge in [-0.3, -0.25) is 4.79 Å². The Labute approximate surface area is 122 Å². The van der Waals surface area contributed by atoms with Crippen LogP contribution in [0.5, 0.6) is 0 Å². The standard InChI is InChI=1S/C15H19F3N2O/c1-3-8-20(11-5-6-11)14(21)12-9-10(15(16,17)18)4-7-13(12)19-2/h4,7,9,11,19H,3,5-6,8H2,1-2H3. The Kier molecular flexibility index (Phi) is 4.44. The Morgan fingerprint density at radius 1 is 1.38 bits per heavy atom. The molecular formula is C15H19F3N2O. The highest BCUT2D eigenvalue weighted by Gasteiger charge is 2.35. The lowest BCUT2D eigenvalue weighted by molar-refractivity contribution is -0.137. The molecule has 1 N–H and O–H groups in total. The molecule has 0 aromatic heterocycles. The Morgan fingerprint density at radius 2 is 2.05 bits per heavy atom. The van der Waals surface area contributed by atoms with Crippen molar-refractivity contribution in [2.24, 2.45) is 0 Å². The Hall–Kier alpha value is -1.72. The zero-order chi connectivity index (χ0) is 15.6. The number of carbonyl (C=O) groups is 1. The second kappa shape index (κ2) is 5.95. The maximum Gasteiger partial charge on any atom is 0.416 e. The molecule has 1 aliphatic rings. The van der Waals surface area contributed by atoms with E-state index in [1.807, 2.05) is 6.92 Å². The number of anilines is 1. The van der Waals surface area contributed by atoms with Gasteiger partial charge in [-0.1, -0.05) is 6.92 Å². The number of alkyl halides is 3. The lowest BCUT2D eigenvalue weighted by Gasteiger charge is -2.23. The van der Waals surface area contributed by atoms with Crippen LogP contribution in [-0.4, -0.2) is 30.4 Å². The summed E-state index contributed by atoms with van der Waals surface area (Å²) in [5, 5.41) is 2.80. The van der Waals surface area contributed by atoms with Crippen LogP contribution in [0.2, 0.25) is 0 Å². The predicted molar refractivity (Wildman–Crippen MR) is 75.3 cm³/mol. The maximum atomic E-state index is 12.8. The summed E-state index contributed by atoms with van der Waals surface area (Å²) in [6.07, 6.45) is -1.80. The number of nitrogens with zero attached hydrogens (tertiary/aromatic N) is 1. The number of amides is 1. The molecule has 1 aromatic rings. The molecule has 0 aliphatic heterocycles. The average Bonchev–Trinajstić information content (AvgIpc) is 3.26. The van der Waals surface area contributed by atoms with E-state index in [9.17, 15) is 18.0 Å². The second-order valence-electron chi connectivity index (χ2n) is 5.24. The minimum Gasteiger partial charge on any atom is -0.387 e. The highest BCUT2D eigenvalue weighted by molar-refractivity contribution is 6.00.